The number of nitrogens with zero attached hydrogens (tertiary/aromatic N) is 2. The number of rotatable bonds is 4. The molecule has 0 spiro atoms. The number of hydrogen-bond donors (Lipinski definition) is 1. The molecule has 136 valence electrons. The van der Waals surface area contributed by atoms with E-state index >= 15 is 0 Å². The standard InChI is InChI=1S/C18H23Cl2N3O2/c1-10(18-5-11-2-12(6-18)4-13(3-11)7-18)22-15(24)9-23-17(25)16(20)14(19)8-21-23/h8,10-13H,2-7,9H2,1H3,(H,22,24)/t10-,11?,12?,13?,18?/m0/s1. The highest BCUT2D eigenvalue weighted by Gasteiger charge is 2.53. The molecule has 1 aromatic rings. The number of nitrogens with one attached hydrogen (secondary N) is 1. The fraction of sp³-hybridized carbons (Fsp3) is 0.722. The molecule has 0 unspecified atom stereocenters. The molecule has 0 aliphatic heterocycles. The predicted octanol–water partition coefficient (Wildman–Crippen LogP) is 3.27. The minimum Gasteiger partial charge on any atom is -0.351 e. The summed E-state index contributed by atoms with van der Waals surface area (Å²) in [6.45, 7) is 1.99. The van der Waals surface area contributed by atoms with Crippen LogP contribution in [-0.4, -0.2) is 21.7 Å². The highest BCUT2D eigenvalue weighted by molar-refractivity contribution is 6.41. The Balaban J connectivity index is 1.45. The van der Waals surface area contributed by atoms with E-state index in [9.17, 15) is 9.59 Å². The van der Waals surface area contributed by atoms with Gasteiger partial charge in [-0.2, -0.15) is 5.10 Å². The Morgan fingerprint density at radius 1 is 1.28 bits per heavy atom. The molecular weight excluding hydrogens is 361 g/mol. The fourth-order valence-electron chi connectivity index (χ4n) is 5.84. The van der Waals surface area contributed by atoms with Crippen molar-refractivity contribution in [1.82, 2.24) is 15.1 Å². The second kappa shape index (κ2) is 6.27. The molecule has 25 heavy (non-hydrogen) atoms. The van der Waals surface area contributed by atoms with Crippen molar-refractivity contribution in [3.63, 3.8) is 0 Å². The molecule has 4 aliphatic carbocycles. The van der Waals surface area contributed by atoms with Gasteiger partial charge in [0, 0.05) is 6.04 Å². The lowest BCUT2D eigenvalue weighted by Crippen LogP contribution is -2.56. The van der Waals surface area contributed by atoms with Crippen LogP contribution < -0.4 is 10.9 Å². The maximum Gasteiger partial charge on any atom is 0.287 e. The van der Waals surface area contributed by atoms with Gasteiger partial charge >= 0.3 is 0 Å². The molecule has 1 amide bonds. The summed E-state index contributed by atoms with van der Waals surface area (Å²) in [5.74, 6) is 2.32. The molecule has 7 heteroatoms. The average molecular weight is 384 g/mol. The summed E-state index contributed by atoms with van der Waals surface area (Å²) in [6, 6.07) is 0.117. The van der Waals surface area contributed by atoms with Gasteiger partial charge < -0.3 is 5.32 Å². The first-order valence-corrected chi connectivity index (χ1v) is 9.82. The minimum atomic E-state index is -0.535. The van der Waals surface area contributed by atoms with Crippen molar-refractivity contribution in [3.05, 3.63) is 26.6 Å². The zero-order valence-electron chi connectivity index (χ0n) is 14.3. The van der Waals surface area contributed by atoms with E-state index in [1.165, 1.54) is 44.7 Å². The summed E-state index contributed by atoms with van der Waals surface area (Å²) in [7, 11) is 0. The second-order valence-electron chi connectivity index (χ2n) is 8.34. The Morgan fingerprint density at radius 3 is 2.40 bits per heavy atom. The molecule has 0 radical (unpaired) electrons. The van der Waals surface area contributed by atoms with Crippen LogP contribution >= 0.6 is 23.2 Å². The van der Waals surface area contributed by atoms with Crippen LogP contribution in [0.4, 0.5) is 0 Å². The number of hydrogen-bond acceptors (Lipinski definition) is 3. The number of carbonyl (C=O) groups is 1. The van der Waals surface area contributed by atoms with Crippen LogP contribution in [0.5, 0.6) is 0 Å². The van der Waals surface area contributed by atoms with Gasteiger partial charge in [-0.15, -0.1) is 0 Å². The largest absolute Gasteiger partial charge is 0.351 e. The monoisotopic (exact) mass is 383 g/mol. The highest BCUT2D eigenvalue weighted by atomic mass is 35.5. The summed E-state index contributed by atoms with van der Waals surface area (Å²) in [6.07, 6.45) is 9.11. The topological polar surface area (TPSA) is 64.0 Å². The number of amides is 1. The summed E-state index contributed by atoms with van der Waals surface area (Å²) in [5, 5.41) is 7.04. The molecule has 4 aliphatic rings. The lowest BCUT2D eigenvalue weighted by atomic mass is 9.48. The smallest absolute Gasteiger partial charge is 0.287 e. The molecule has 1 heterocycles. The van der Waals surface area contributed by atoms with Crippen molar-refractivity contribution in [1.29, 1.82) is 0 Å². The van der Waals surface area contributed by atoms with Gasteiger partial charge in [-0.3, -0.25) is 9.59 Å². The van der Waals surface area contributed by atoms with E-state index < -0.39 is 5.56 Å². The molecule has 1 aromatic heterocycles. The van der Waals surface area contributed by atoms with Gasteiger partial charge in [0.2, 0.25) is 5.91 Å². The Hall–Kier alpha value is -1.07. The molecule has 0 saturated heterocycles. The van der Waals surface area contributed by atoms with E-state index in [4.69, 9.17) is 23.2 Å². The van der Waals surface area contributed by atoms with Crippen LogP contribution in [0.25, 0.3) is 0 Å². The number of aromatic nitrogens is 2. The predicted molar refractivity (Wildman–Crippen MR) is 96.7 cm³/mol. The van der Waals surface area contributed by atoms with E-state index in [2.05, 4.69) is 17.3 Å². The van der Waals surface area contributed by atoms with E-state index in [1.807, 2.05) is 0 Å². The zero-order valence-corrected chi connectivity index (χ0v) is 15.8. The van der Waals surface area contributed by atoms with Gasteiger partial charge in [0.1, 0.15) is 11.6 Å². The first kappa shape index (κ1) is 17.3. The Labute approximate surface area is 157 Å². The van der Waals surface area contributed by atoms with E-state index in [0.29, 0.717) is 0 Å². The van der Waals surface area contributed by atoms with Crippen molar-refractivity contribution in [2.75, 3.05) is 0 Å². The van der Waals surface area contributed by atoms with E-state index in [-0.39, 0.29) is 34.0 Å². The molecule has 1 atom stereocenters. The van der Waals surface area contributed by atoms with Crippen LogP contribution in [0.1, 0.15) is 45.4 Å². The lowest BCUT2D eigenvalue weighted by Gasteiger charge is -2.59. The summed E-state index contributed by atoms with van der Waals surface area (Å²) >= 11 is 11.6. The summed E-state index contributed by atoms with van der Waals surface area (Å²) < 4.78 is 1.07. The highest BCUT2D eigenvalue weighted by Crippen LogP contribution is 2.61. The van der Waals surface area contributed by atoms with E-state index in [0.717, 1.165) is 22.4 Å². The average Bonchev–Trinajstić information content (AvgIpc) is 2.54. The quantitative estimate of drug-likeness (QED) is 0.867. The SMILES string of the molecule is C[C@H](NC(=O)Cn1ncc(Cl)c(Cl)c1=O)C12CC3CC(CC(C3)C1)C2. The van der Waals surface area contributed by atoms with Gasteiger partial charge in [0.25, 0.3) is 5.56 Å². The summed E-state index contributed by atoms with van der Waals surface area (Å²) in [4.78, 5) is 24.5. The number of carbonyl (C=O) groups excluding carboxylic acids is 1. The van der Waals surface area contributed by atoms with Crippen molar-refractivity contribution < 1.29 is 4.79 Å². The third kappa shape index (κ3) is 3.10. The normalized spacial score (nSPS) is 34.1. The maximum atomic E-state index is 12.5. The minimum absolute atomic E-state index is 0.0985. The Morgan fingerprint density at radius 2 is 1.84 bits per heavy atom. The van der Waals surface area contributed by atoms with Gasteiger partial charge in [0.15, 0.2) is 0 Å². The van der Waals surface area contributed by atoms with Crippen molar-refractivity contribution in [2.45, 2.75) is 58.0 Å². The van der Waals surface area contributed by atoms with Crippen LogP contribution in [0.15, 0.2) is 11.0 Å². The summed E-state index contributed by atoms with van der Waals surface area (Å²) in [5.41, 5.74) is -0.299. The molecule has 5 nitrogen and oxygen atoms in total. The van der Waals surface area contributed by atoms with Crippen molar-refractivity contribution in [2.24, 2.45) is 23.2 Å². The molecule has 4 fully saturated rings. The molecule has 4 bridgehead atoms. The number of halogens is 2. The van der Waals surface area contributed by atoms with Crippen molar-refractivity contribution >= 4 is 29.1 Å². The Bertz CT molecular complexity index is 726. The third-order valence-corrected chi connectivity index (χ3v) is 7.37. The maximum absolute atomic E-state index is 12.5. The molecule has 1 N–H and O–H groups in total. The van der Waals surface area contributed by atoms with Gasteiger partial charge in [-0.1, -0.05) is 23.2 Å². The van der Waals surface area contributed by atoms with Gasteiger partial charge in [-0.25, -0.2) is 4.68 Å². The van der Waals surface area contributed by atoms with Gasteiger partial charge in [-0.05, 0) is 68.6 Å². The van der Waals surface area contributed by atoms with Crippen LogP contribution in [0.3, 0.4) is 0 Å². The lowest BCUT2D eigenvalue weighted by molar-refractivity contribution is -0.126. The van der Waals surface area contributed by atoms with Crippen LogP contribution in [0.2, 0.25) is 10.0 Å². The molecule has 4 saturated carbocycles. The second-order valence-corrected chi connectivity index (χ2v) is 9.12. The Kier molecular flexibility index (Phi) is 4.35. The molecular formula is C18H23Cl2N3O2. The fourth-order valence-corrected chi connectivity index (χ4v) is 6.11. The molecule has 0 aromatic carbocycles. The van der Waals surface area contributed by atoms with E-state index in [1.54, 1.807) is 0 Å². The zero-order chi connectivity index (χ0) is 17.8. The van der Waals surface area contributed by atoms with Crippen molar-refractivity contribution in [3.8, 4) is 0 Å². The van der Waals surface area contributed by atoms with Crippen LogP contribution in [0, 0.1) is 23.2 Å². The third-order valence-electron chi connectivity index (χ3n) is 6.62. The molecule has 5 rings (SSSR count). The first-order valence-electron chi connectivity index (χ1n) is 9.07. The van der Waals surface area contributed by atoms with Gasteiger partial charge in [0.05, 0.1) is 11.2 Å². The first-order chi connectivity index (χ1) is 11.9. The van der Waals surface area contributed by atoms with Crippen LogP contribution in [-0.2, 0) is 11.3 Å².